The zero-order valence-corrected chi connectivity index (χ0v) is 14.9. The van der Waals surface area contributed by atoms with E-state index in [2.05, 4.69) is 12.2 Å². The lowest BCUT2D eigenvalue weighted by Crippen LogP contribution is -2.09. The summed E-state index contributed by atoms with van der Waals surface area (Å²) in [7, 11) is 0. The molecule has 0 aliphatic carbocycles. The van der Waals surface area contributed by atoms with Crippen LogP contribution in [0.5, 0.6) is 5.75 Å². The molecule has 1 N–H and O–H groups in total. The average Bonchev–Trinajstić information content (AvgIpc) is 2.62. The lowest BCUT2D eigenvalue weighted by Gasteiger charge is -2.11. The maximum Gasteiger partial charge on any atom is 0.248 e. The number of benzene rings is 2. The number of amides is 1. The van der Waals surface area contributed by atoms with Crippen LogP contribution in [0.25, 0.3) is 6.08 Å². The molecule has 0 radical (unpaired) electrons. The second-order valence-electron chi connectivity index (χ2n) is 5.29. The first-order valence-corrected chi connectivity index (χ1v) is 9.30. The lowest BCUT2D eigenvalue weighted by atomic mass is 10.2. The quantitative estimate of drug-likeness (QED) is 0.405. The Bertz CT molecular complexity index is 680. The zero-order valence-electron chi connectivity index (χ0n) is 14.1. The van der Waals surface area contributed by atoms with Gasteiger partial charge in [-0.25, -0.2) is 0 Å². The predicted molar refractivity (Wildman–Crippen MR) is 103 cm³/mol. The van der Waals surface area contributed by atoms with Gasteiger partial charge in [-0.3, -0.25) is 4.79 Å². The molecule has 0 heterocycles. The van der Waals surface area contributed by atoms with E-state index in [0.29, 0.717) is 18.0 Å². The highest BCUT2D eigenvalue weighted by atomic mass is 32.2. The van der Waals surface area contributed by atoms with E-state index in [9.17, 15) is 4.79 Å². The van der Waals surface area contributed by atoms with Crippen LogP contribution in [0.15, 0.2) is 59.5 Å². The van der Waals surface area contributed by atoms with Gasteiger partial charge in [-0.2, -0.15) is 0 Å². The SMILES string of the molecule is CCCCOc1ccccc1NC(=O)/C=C/c1ccc(SC)cc1. The summed E-state index contributed by atoms with van der Waals surface area (Å²) in [6.45, 7) is 2.77. The number of thioether (sulfide) groups is 1. The molecule has 0 fully saturated rings. The van der Waals surface area contributed by atoms with Crippen molar-refractivity contribution >= 4 is 29.4 Å². The highest BCUT2D eigenvalue weighted by Gasteiger charge is 2.05. The fraction of sp³-hybridized carbons (Fsp3) is 0.250. The molecule has 0 aliphatic rings. The Hall–Kier alpha value is -2.20. The molecule has 2 aromatic rings. The van der Waals surface area contributed by atoms with Gasteiger partial charge < -0.3 is 10.1 Å². The minimum Gasteiger partial charge on any atom is -0.491 e. The van der Waals surface area contributed by atoms with Crippen molar-refractivity contribution in [3.63, 3.8) is 0 Å². The van der Waals surface area contributed by atoms with Crippen LogP contribution in [0, 0.1) is 0 Å². The highest BCUT2D eigenvalue weighted by Crippen LogP contribution is 2.24. The van der Waals surface area contributed by atoms with E-state index < -0.39 is 0 Å². The number of rotatable bonds is 8. The number of hydrogen-bond donors (Lipinski definition) is 1. The van der Waals surface area contributed by atoms with Crippen LogP contribution >= 0.6 is 11.8 Å². The highest BCUT2D eigenvalue weighted by molar-refractivity contribution is 7.98. The van der Waals surface area contributed by atoms with E-state index in [1.54, 1.807) is 17.8 Å². The van der Waals surface area contributed by atoms with Crippen LogP contribution < -0.4 is 10.1 Å². The van der Waals surface area contributed by atoms with Crippen LogP contribution in [0.2, 0.25) is 0 Å². The smallest absolute Gasteiger partial charge is 0.248 e. The summed E-state index contributed by atoms with van der Waals surface area (Å²) >= 11 is 1.70. The third-order valence-corrected chi connectivity index (χ3v) is 4.19. The number of para-hydroxylation sites is 2. The number of hydrogen-bond acceptors (Lipinski definition) is 3. The van der Waals surface area contributed by atoms with Crippen LogP contribution in [0.1, 0.15) is 25.3 Å². The third-order valence-electron chi connectivity index (χ3n) is 3.44. The number of carbonyl (C=O) groups is 1. The first-order chi connectivity index (χ1) is 11.7. The largest absolute Gasteiger partial charge is 0.491 e. The van der Waals surface area contributed by atoms with E-state index in [0.717, 1.165) is 18.4 Å². The minimum absolute atomic E-state index is 0.171. The van der Waals surface area contributed by atoms with Crippen LogP contribution in [0.3, 0.4) is 0 Å². The predicted octanol–water partition coefficient (Wildman–Crippen LogP) is 5.24. The Morgan fingerprint density at radius 2 is 1.92 bits per heavy atom. The number of ether oxygens (including phenoxy) is 1. The Labute approximate surface area is 148 Å². The molecule has 0 spiro atoms. The van der Waals surface area contributed by atoms with Gasteiger partial charge >= 0.3 is 0 Å². The topological polar surface area (TPSA) is 38.3 Å². The molecule has 1 amide bonds. The molecule has 2 rings (SSSR count). The van der Waals surface area contributed by atoms with Crippen molar-refractivity contribution in [2.75, 3.05) is 18.2 Å². The van der Waals surface area contributed by atoms with Gasteiger partial charge in [0.25, 0.3) is 0 Å². The van der Waals surface area contributed by atoms with E-state index in [-0.39, 0.29) is 5.91 Å². The monoisotopic (exact) mass is 341 g/mol. The van der Waals surface area contributed by atoms with E-state index in [1.807, 2.05) is 54.8 Å². The second-order valence-corrected chi connectivity index (χ2v) is 6.17. The molecule has 4 heteroatoms. The normalized spacial score (nSPS) is 10.8. The van der Waals surface area contributed by atoms with Gasteiger partial charge in [0.05, 0.1) is 12.3 Å². The fourth-order valence-electron chi connectivity index (χ4n) is 2.08. The fourth-order valence-corrected chi connectivity index (χ4v) is 2.49. The van der Waals surface area contributed by atoms with Crippen molar-refractivity contribution in [2.24, 2.45) is 0 Å². The Morgan fingerprint density at radius 3 is 2.62 bits per heavy atom. The van der Waals surface area contributed by atoms with Crippen LogP contribution in [0.4, 0.5) is 5.69 Å². The minimum atomic E-state index is -0.171. The van der Waals surface area contributed by atoms with Gasteiger partial charge in [0.15, 0.2) is 0 Å². The van der Waals surface area contributed by atoms with Crippen molar-refractivity contribution in [2.45, 2.75) is 24.7 Å². The number of anilines is 1. The van der Waals surface area contributed by atoms with Gasteiger partial charge in [0, 0.05) is 11.0 Å². The molecule has 0 saturated carbocycles. The summed E-state index contributed by atoms with van der Waals surface area (Å²) in [5.41, 5.74) is 1.69. The Balaban J connectivity index is 1.97. The molecule has 0 aromatic heterocycles. The van der Waals surface area contributed by atoms with Crippen LogP contribution in [-0.2, 0) is 4.79 Å². The molecule has 24 heavy (non-hydrogen) atoms. The first-order valence-electron chi connectivity index (χ1n) is 8.08. The van der Waals surface area contributed by atoms with Crippen molar-refractivity contribution in [1.29, 1.82) is 0 Å². The molecule has 0 aliphatic heterocycles. The number of carbonyl (C=O) groups excluding carboxylic acids is 1. The van der Waals surface area contributed by atoms with E-state index in [4.69, 9.17) is 4.74 Å². The van der Waals surface area contributed by atoms with Gasteiger partial charge in [-0.05, 0) is 48.6 Å². The van der Waals surface area contributed by atoms with E-state index in [1.165, 1.54) is 11.0 Å². The summed E-state index contributed by atoms with van der Waals surface area (Å²) in [5.74, 6) is 0.535. The molecule has 2 aromatic carbocycles. The molecule has 3 nitrogen and oxygen atoms in total. The Kier molecular flexibility index (Phi) is 7.43. The summed E-state index contributed by atoms with van der Waals surface area (Å²) < 4.78 is 5.73. The van der Waals surface area contributed by atoms with Crippen molar-refractivity contribution in [3.8, 4) is 5.75 Å². The maximum absolute atomic E-state index is 12.1. The van der Waals surface area contributed by atoms with Crippen molar-refractivity contribution < 1.29 is 9.53 Å². The zero-order chi connectivity index (χ0) is 17.2. The summed E-state index contributed by atoms with van der Waals surface area (Å²) in [6.07, 6.45) is 7.45. The summed E-state index contributed by atoms with van der Waals surface area (Å²) in [4.78, 5) is 13.3. The first kappa shape index (κ1) is 18.1. The number of nitrogens with one attached hydrogen (secondary N) is 1. The molecular weight excluding hydrogens is 318 g/mol. The molecule has 0 bridgehead atoms. The molecule has 0 saturated heterocycles. The second kappa shape index (κ2) is 9.83. The van der Waals surface area contributed by atoms with Crippen LogP contribution in [-0.4, -0.2) is 18.8 Å². The molecule has 0 unspecified atom stereocenters. The van der Waals surface area contributed by atoms with Gasteiger partial charge in [0.1, 0.15) is 5.75 Å². The van der Waals surface area contributed by atoms with E-state index >= 15 is 0 Å². The molecule has 0 atom stereocenters. The average molecular weight is 341 g/mol. The lowest BCUT2D eigenvalue weighted by molar-refractivity contribution is -0.111. The maximum atomic E-state index is 12.1. The van der Waals surface area contributed by atoms with Crippen molar-refractivity contribution in [3.05, 3.63) is 60.2 Å². The third kappa shape index (κ3) is 5.78. The molecular formula is C20H23NO2S. The van der Waals surface area contributed by atoms with Crippen molar-refractivity contribution in [1.82, 2.24) is 0 Å². The standard InChI is InChI=1S/C20H23NO2S/c1-3-4-15-23-19-8-6-5-7-18(19)21-20(22)14-11-16-9-12-17(24-2)13-10-16/h5-14H,3-4,15H2,1-2H3,(H,21,22)/b14-11+. The van der Waals surface area contributed by atoms with Gasteiger partial charge in [-0.1, -0.05) is 37.6 Å². The van der Waals surface area contributed by atoms with Gasteiger partial charge in [-0.15, -0.1) is 11.8 Å². The number of unbranched alkanes of at least 4 members (excludes halogenated alkanes) is 1. The summed E-state index contributed by atoms with van der Waals surface area (Å²) in [5, 5.41) is 2.88. The molecule has 126 valence electrons. The van der Waals surface area contributed by atoms with Gasteiger partial charge in [0.2, 0.25) is 5.91 Å². The summed E-state index contributed by atoms with van der Waals surface area (Å²) in [6, 6.07) is 15.6. The Morgan fingerprint density at radius 1 is 1.17 bits per heavy atom.